The van der Waals surface area contributed by atoms with Crippen LogP contribution in [0, 0.1) is 6.92 Å². The average molecular weight is 291 g/mol. The summed E-state index contributed by atoms with van der Waals surface area (Å²) in [6.07, 6.45) is 1.75. The lowest BCUT2D eigenvalue weighted by atomic mass is 10.2. The Morgan fingerprint density at radius 1 is 0.952 bits per heavy atom. The fourth-order valence-electron chi connectivity index (χ4n) is 1.06. The van der Waals surface area contributed by atoms with E-state index in [-0.39, 0.29) is 0 Å². The van der Waals surface area contributed by atoms with Crippen LogP contribution in [0.1, 0.15) is 54.3 Å². The highest BCUT2D eigenvalue weighted by Crippen LogP contribution is 2.12. The molecule has 3 heteroatoms. The SMILES string of the molecule is C=CC.CC.CC.CC.Cc1nc(-c2ccccc2)n[nH]1. The summed E-state index contributed by atoms with van der Waals surface area (Å²) in [6, 6.07) is 9.90. The van der Waals surface area contributed by atoms with Gasteiger partial charge in [-0.1, -0.05) is 78.0 Å². The highest BCUT2D eigenvalue weighted by molar-refractivity contribution is 5.53. The predicted molar refractivity (Wildman–Crippen MR) is 96.5 cm³/mol. The number of nitrogens with zero attached hydrogens (tertiary/aromatic N) is 2. The minimum absolute atomic E-state index is 0.758. The number of rotatable bonds is 1. The van der Waals surface area contributed by atoms with E-state index >= 15 is 0 Å². The molecule has 0 radical (unpaired) electrons. The predicted octanol–water partition coefficient (Wildman–Crippen LogP) is 6.05. The minimum Gasteiger partial charge on any atom is -0.263 e. The number of hydrogen-bond donors (Lipinski definition) is 1. The summed E-state index contributed by atoms with van der Waals surface area (Å²) in [5.74, 6) is 1.60. The Balaban J connectivity index is -0.000000308. The van der Waals surface area contributed by atoms with Gasteiger partial charge in [-0.2, -0.15) is 5.10 Å². The molecule has 1 aromatic carbocycles. The molecule has 1 N–H and O–H groups in total. The van der Waals surface area contributed by atoms with Gasteiger partial charge < -0.3 is 0 Å². The van der Waals surface area contributed by atoms with Crippen molar-refractivity contribution in [3.05, 3.63) is 48.8 Å². The third-order valence-electron chi connectivity index (χ3n) is 1.63. The summed E-state index contributed by atoms with van der Waals surface area (Å²) in [5, 5.41) is 6.86. The molecule has 0 bridgehead atoms. The van der Waals surface area contributed by atoms with E-state index in [9.17, 15) is 0 Å². The van der Waals surface area contributed by atoms with Gasteiger partial charge in [0.05, 0.1) is 0 Å². The van der Waals surface area contributed by atoms with Crippen LogP contribution in [-0.4, -0.2) is 15.2 Å². The molecule has 0 saturated heterocycles. The number of nitrogens with one attached hydrogen (secondary N) is 1. The first-order valence-corrected chi connectivity index (χ1v) is 7.79. The van der Waals surface area contributed by atoms with Crippen LogP contribution in [-0.2, 0) is 0 Å². The number of allylic oxidation sites excluding steroid dienone is 1. The summed E-state index contributed by atoms with van der Waals surface area (Å²) in [4.78, 5) is 4.21. The monoisotopic (exact) mass is 291 g/mol. The van der Waals surface area contributed by atoms with Crippen molar-refractivity contribution in [1.29, 1.82) is 0 Å². The third-order valence-corrected chi connectivity index (χ3v) is 1.63. The third kappa shape index (κ3) is 12.9. The number of aromatic nitrogens is 3. The molecule has 0 atom stereocenters. The smallest absolute Gasteiger partial charge is 0.181 e. The molecule has 0 aliphatic carbocycles. The van der Waals surface area contributed by atoms with Crippen LogP contribution in [0.2, 0.25) is 0 Å². The highest BCUT2D eigenvalue weighted by Gasteiger charge is 2.00. The summed E-state index contributed by atoms with van der Waals surface area (Å²) in [6.45, 7) is 19.1. The zero-order chi connectivity index (χ0) is 17.1. The first kappa shape index (κ1) is 24.1. The van der Waals surface area contributed by atoms with Crippen molar-refractivity contribution < 1.29 is 0 Å². The summed E-state index contributed by atoms with van der Waals surface area (Å²) in [7, 11) is 0. The molecule has 0 aliphatic rings. The maximum absolute atomic E-state index is 4.21. The van der Waals surface area contributed by atoms with Crippen LogP contribution < -0.4 is 0 Å². The van der Waals surface area contributed by atoms with E-state index in [1.54, 1.807) is 6.08 Å². The van der Waals surface area contributed by atoms with Gasteiger partial charge in [-0.15, -0.1) is 6.58 Å². The number of aromatic amines is 1. The molecular formula is C18H33N3. The first-order valence-electron chi connectivity index (χ1n) is 7.79. The molecule has 2 aromatic rings. The van der Waals surface area contributed by atoms with Gasteiger partial charge >= 0.3 is 0 Å². The van der Waals surface area contributed by atoms with Crippen LogP contribution in [0.4, 0.5) is 0 Å². The lowest BCUT2D eigenvalue weighted by Crippen LogP contribution is -1.78. The Morgan fingerprint density at radius 3 is 1.71 bits per heavy atom. The Morgan fingerprint density at radius 2 is 1.38 bits per heavy atom. The van der Waals surface area contributed by atoms with Crippen molar-refractivity contribution in [3.8, 4) is 11.4 Å². The van der Waals surface area contributed by atoms with Crippen molar-refractivity contribution >= 4 is 0 Å². The van der Waals surface area contributed by atoms with E-state index in [0.29, 0.717) is 0 Å². The van der Waals surface area contributed by atoms with Crippen molar-refractivity contribution in [2.45, 2.75) is 55.4 Å². The Bertz CT molecular complexity index is 405. The molecule has 21 heavy (non-hydrogen) atoms. The van der Waals surface area contributed by atoms with Crippen LogP contribution >= 0.6 is 0 Å². The van der Waals surface area contributed by atoms with Crippen molar-refractivity contribution in [2.75, 3.05) is 0 Å². The maximum Gasteiger partial charge on any atom is 0.181 e. The van der Waals surface area contributed by atoms with Gasteiger partial charge in [-0.3, -0.25) is 5.10 Å². The molecule has 0 fully saturated rings. The second-order valence-corrected chi connectivity index (χ2v) is 3.02. The summed E-state index contributed by atoms with van der Waals surface area (Å²) in [5.41, 5.74) is 1.04. The van der Waals surface area contributed by atoms with Crippen molar-refractivity contribution in [3.63, 3.8) is 0 Å². The highest BCUT2D eigenvalue weighted by atomic mass is 15.2. The molecule has 3 nitrogen and oxygen atoms in total. The quantitative estimate of drug-likeness (QED) is 0.650. The van der Waals surface area contributed by atoms with Crippen molar-refractivity contribution in [1.82, 2.24) is 15.2 Å². The molecule has 0 unspecified atom stereocenters. The van der Waals surface area contributed by atoms with Gasteiger partial charge in [0.15, 0.2) is 5.82 Å². The molecule has 2 rings (SSSR count). The molecule has 0 aliphatic heterocycles. The Hall–Kier alpha value is -1.90. The largest absolute Gasteiger partial charge is 0.263 e. The number of aryl methyl sites for hydroxylation is 1. The van der Waals surface area contributed by atoms with Crippen molar-refractivity contribution in [2.24, 2.45) is 0 Å². The fourth-order valence-corrected chi connectivity index (χ4v) is 1.06. The van der Waals surface area contributed by atoms with Crippen LogP contribution in [0.15, 0.2) is 43.0 Å². The molecule has 1 heterocycles. The minimum atomic E-state index is 0.758. The number of H-pyrrole nitrogens is 1. The summed E-state index contributed by atoms with van der Waals surface area (Å²) < 4.78 is 0. The van der Waals surface area contributed by atoms with E-state index < -0.39 is 0 Å². The molecular weight excluding hydrogens is 258 g/mol. The summed E-state index contributed by atoms with van der Waals surface area (Å²) >= 11 is 0. The van der Waals surface area contributed by atoms with E-state index in [1.165, 1.54) is 0 Å². The zero-order valence-corrected chi connectivity index (χ0v) is 15.1. The average Bonchev–Trinajstić information content (AvgIpc) is 3.01. The maximum atomic E-state index is 4.21. The van der Waals surface area contributed by atoms with Gasteiger partial charge in [-0.25, -0.2) is 4.98 Å². The topological polar surface area (TPSA) is 41.6 Å². The van der Waals surface area contributed by atoms with Gasteiger partial charge in [0.25, 0.3) is 0 Å². The Labute approximate surface area is 131 Å². The zero-order valence-electron chi connectivity index (χ0n) is 15.1. The van der Waals surface area contributed by atoms with Crippen LogP contribution in [0.3, 0.4) is 0 Å². The standard InChI is InChI=1S/C9H9N3.C3H6.3C2H6/c1-7-10-9(12-11-7)8-5-3-2-4-6-8;1-3-2;3*1-2/h2-6H,1H3,(H,10,11,12);3H,1H2,2H3;3*1-2H3. The first-order chi connectivity index (χ1) is 10.3. The van der Waals surface area contributed by atoms with Gasteiger partial charge in [0.2, 0.25) is 0 Å². The molecule has 1 aromatic heterocycles. The van der Waals surface area contributed by atoms with E-state index in [2.05, 4.69) is 21.8 Å². The van der Waals surface area contributed by atoms with E-state index in [4.69, 9.17) is 0 Å². The van der Waals surface area contributed by atoms with Gasteiger partial charge in [0, 0.05) is 5.56 Å². The molecule has 0 spiro atoms. The second kappa shape index (κ2) is 20.4. The molecule has 0 amide bonds. The number of benzene rings is 1. The Kier molecular flexibility index (Phi) is 23.5. The lowest BCUT2D eigenvalue weighted by Gasteiger charge is -1.90. The molecule has 0 saturated carbocycles. The van der Waals surface area contributed by atoms with Gasteiger partial charge in [-0.05, 0) is 13.8 Å². The second-order valence-electron chi connectivity index (χ2n) is 3.02. The van der Waals surface area contributed by atoms with E-state index in [0.717, 1.165) is 17.2 Å². The lowest BCUT2D eigenvalue weighted by molar-refractivity contribution is 1.04. The van der Waals surface area contributed by atoms with Crippen LogP contribution in [0.25, 0.3) is 11.4 Å². The fraction of sp³-hybridized carbons (Fsp3) is 0.444. The molecule has 120 valence electrons. The van der Waals surface area contributed by atoms with Gasteiger partial charge in [0.1, 0.15) is 5.82 Å². The van der Waals surface area contributed by atoms with E-state index in [1.807, 2.05) is 85.7 Å². The van der Waals surface area contributed by atoms with Crippen LogP contribution in [0.5, 0.6) is 0 Å². The normalized spacial score (nSPS) is 7.24. The number of hydrogen-bond acceptors (Lipinski definition) is 2.